The van der Waals surface area contributed by atoms with Crippen molar-refractivity contribution in [2.24, 2.45) is 5.92 Å². The van der Waals surface area contributed by atoms with Crippen LogP contribution >= 0.6 is 0 Å². The summed E-state index contributed by atoms with van der Waals surface area (Å²) >= 11 is 0. The molecule has 0 aromatic heterocycles. The van der Waals surface area contributed by atoms with Crippen LogP contribution in [0.15, 0.2) is 24.6 Å². The standard InChI is InChI=1S/C13H23N/c1-5-7-8-13-10-11(3)14(9-6-2)12(13)4/h13H,3-10H2,1-2H3. The first kappa shape index (κ1) is 11.4. The van der Waals surface area contributed by atoms with Crippen molar-refractivity contribution < 1.29 is 0 Å². The molecular weight excluding hydrogens is 170 g/mol. The minimum Gasteiger partial charge on any atom is -0.349 e. The van der Waals surface area contributed by atoms with Crippen molar-refractivity contribution in [3.05, 3.63) is 24.6 Å². The zero-order valence-electron chi connectivity index (χ0n) is 9.68. The zero-order valence-corrected chi connectivity index (χ0v) is 9.68. The van der Waals surface area contributed by atoms with Gasteiger partial charge < -0.3 is 4.90 Å². The Morgan fingerprint density at radius 3 is 2.57 bits per heavy atom. The van der Waals surface area contributed by atoms with Gasteiger partial charge in [0.25, 0.3) is 0 Å². The Hall–Kier alpha value is -0.720. The van der Waals surface area contributed by atoms with Crippen LogP contribution in [-0.2, 0) is 0 Å². The average molecular weight is 193 g/mol. The lowest BCUT2D eigenvalue weighted by molar-refractivity contribution is 0.435. The van der Waals surface area contributed by atoms with E-state index in [4.69, 9.17) is 0 Å². The highest BCUT2D eigenvalue weighted by Gasteiger charge is 2.27. The third-order valence-electron chi connectivity index (χ3n) is 3.04. The molecule has 1 nitrogen and oxygen atoms in total. The molecule has 0 spiro atoms. The van der Waals surface area contributed by atoms with Crippen LogP contribution in [0.4, 0.5) is 0 Å². The van der Waals surface area contributed by atoms with Crippen molar-refractivity contribution in [3.63, 3.8) is 0 Å². The van der Waals surface area contributed by atoms with Gasteiger partial charge in [0.1, 0.15) is 0 Å². The lowest BCUT2D eigenvalue weighted by Crippen LogP contribution is -2.17. The Balaban J connectivity index is 2.51. The maximum absolute atomic E-state index is 4.20. The molecule has 0 bridgehead atoms. The van der Waals surface area contributed by atoms with Crippen LogP contribution in [0.2, 0.25) is 0 Å². The normalized spacial score (nSPS) is 22.1. The second kappa shape index (κ2) is 5.23. The van der Waals surface area contributed by atoms with E-state index in [1.165, 1.54) is 37.1 Å². The summed E-state index contributed by atoms with van der Waals surface area (Å²) in [4.78, 5) is 2.32. The first-order valence-electron chi connectivity index (χ1n) is 5.84. The van der Waals surface area contributed by atoms with Gasteiger partial charge in [0.05, 0.1) is 0 Å². The van der Waals surface area contributed by atoms with E-state index in [-0.39, 0.29) is 0 Å². The van der Waals surface area contributed by atoms with Crippen molar-refractivity contribution in [1.82, 2.24) is 4.90 Å². The molecule has 1 heterocycles. The molecule has 1 rings (SSSR count). The quantitative estimate of drug-likeness (QED) is 0.639. The molecule has 0 radical (unpaired) electrons. The molecule has 0 amide bonds. The molecule has 0 aliphatic carbocycles. The molecule has 1 aliphatic heterocycles. The molecule has 80 valence electrons. The highest BCUT2D eigenvalue weighted by molar-refractivity contribution is 5.19. The lowest BCUT2D eigenvalue weighted by atomic mass is 9.98. The predicted molar refractivity (Wildman–Crippen MR) is 62.9 cm³/mol. The Kier molecular flexibility index (Phi) is 4.24. The van der Waals surface area contributed by atoms with Crippen molar-refractivity contribution in [3.8, 4) is 0 Å². The molecule has 14 heavy (non-hydrogen) atoms. The van der Waals surface area contributed by atoms with Crippen molar-refractivity contribution >= 4 is 0 Å². The third kappa shape index (κ3) is 2.40. The number of unbranched alkanes of at least 4 members (excludes halogenated alkanes) is 1. The van der Waals surface area contributed by atoms with Gasteiger partial charge in [-0.2, -0.15) is 0 Å². The maximum Gasteiger partial charge on any atom is 0.0221 e. The number of nitrogens with zero attached hydrogens (tertiary/aromatic N) is 1. The Bertz CT molecular complexity index is 217. The number of hydrogen-bond acceptors (Lipinski definition) is 1. The molecule has 1 aliphatic rings. The van der Waals surface area contributed by atoms with Gasteiger partial charge in [-0.05, 0) is 19.3 Å². The third-order valence-corrected chi connectivity index (χ3v) is 3.04. The summed E-state index contributed by atoms with van der Waals surface area (Å²) in [5.74, 6) is 0.675. The van der Waals surface area contributed by atoms with Crippen LogP contribution in [0, 0.1) is 5.92 Å². The zero-order chi connectivity index (χ0) is 10.6. The van der Waals surface area contributed by atoms with Crippen molar-refractivity contribution in [2.45, 2.75) is 46.0 Å². The molecule has 0 aromatic rings. The van der Waals surface area contributed by atoms with E-state index in [2.05, 4.69) is 31.9 Å². The van der Waals surface area contributed by atoms with Gasteiger partial charge >= 0.3 is 0 Å². The lowest BCUT2D eigenvalue weighted by Gasteiger charge is -2.21. The minimum absolute atomic E-state index is 0.675. The van der Waals surface area contributed by atoms with E-state index in [1.54, 1.807) is 0 Å². The molecule has 1 saturated heterocycles. The van der Waals surface area contributed by atoms with E-state index >= 15 is 0 Å². The highest BCUT2D eigenvalue weighted by Crippen LogP contribution is 2.36. The van der Waals surface area contributed by atoms with Gasteiger partial charge in [0.15, 0.2) is 0 Å². The van der Waals surface area contributed by atoms with Crippen LogP contribution in [0.3, 0.4) is 0 Å². The van der Waals surface area contributed by atoms with E-state index in [9.17, 15) is 0 Å². The number of rotatable bonds is 5. The second-order valence-corrected chi connectivity index (χ2v) is 4.25. The van der Waals surface area contributed by atoms with Crippen LogP contribution in [-0.4, -0.2) is 11.4 Å². The van der Waals surface area contributed by atoms with Gasteiger partial charge in [0, 0.05) is 23.9 Å². The molecule has 1 unspecified atom stereocenters. The highest BCUT2D eigenvalue weighted by atomic mass is 15.2. The summed E-state index contributed by atoms with van der Waals surface area (Å²) < 4.78 is 0. The van der Waals surface area contributed by atoms with Crippen LogP contribution < -0.4 is 0 Å². The SMILES string of the molecule is C=C1CC(CCCC)C(=C)N1CCC. The number of allylic oxidation sites excluding steroid dienone is 2. The van der Waals surface area contributed by atoms with Crippen LogP contribution in [0.25, 0.3) is 0 Å². The molecule has 1 fully saturated rings. The minimum atomic E-state index is 0.675. The fourth-order valence-corrected chi connectivity index (χ4v) is 2.18. The van der Waals surface area contributed by atoms with Crippen LogP contribution in [0.5, 0.6) is 0 Å². The Morgan fingerprint density at radius 2 is 2.00 bits per heavy atom. The topological polar surface area (TPSA) is 3.24 Å². The second-order valence-electron chi connectivity index (χ2n) is 4.25. The van der Waals surface area contributed by atoms with Gasteiger partial charge in [-0.25, -0.2) is 0 Å². The van der Waals surface area contributed by atoms with E-state index in [0.717, 1.165) is 13.0 Å². The van der Waals surface area contributed by atoms with Gasteiger partial charge in [-0.15, -0.1) is 0 Å². The monoisotopic (exact) mass is 193 g/mol. The molecule has 1 atom stereocenters. The Labute approximate surface area is 88.5 Å². The fourth-order valence-electron chi connectivity index (χ4n) is 2.18. The van der Waals surface area contributed by atoms with E-state index in [0.29, 0.717) is 5.92 Å². The predicted octanol–water partition coefficient (Wildman–Crippen LogP) is 3.94. The van der Waals surface area contributed by atoms with Crippen molar-refractivity contribution in [2.75, 3.05) is 6.54 Å². The van der Waals surface area contributed by atoms with Crippen molar-refractivity contribution in [1.29, 1.82) is 0 Å². The summed E-state index contributed by atoms with van der Waals surface area (Å²) in [6.45, 7) is 13.9. The molecular formula is C13H23N. The summed E-state index contributed by atoms with van der Waals surface area (Å²) in [6.07, 6.45) is 6.20. The summed E-state index contributed by atoms with van der Waals surface area (Å²) in [7, 11) is 0. The summed E-state index contributed by atoms with van der Waals surface area (Å²) in [6, 6.07) is 0. The molecule has 0 N–H and O–H groups in total. The number of likely N-dealkylation sites (tertiary alicyclic amines) is 1. The average Bonchev–Trinajstić information content (AvgIpc) is 2.43. The summed E-state index contributed by atoms with van der Waals surface area (Å²) in [5.41, 5.74) is 2.59. The molecule has 1 heteroatoms. The summed E-state index contributed by atoms with van der Waals surface area (Å²) in [5, 5.41) is 0. The smallest absolute Gasteiger partial charge is 0.0221 e. The fraction of sp³-hybridized carbons (Fsp3) is 0.692. The molecule has 0 aromatic carbocycles. The van der Waals surface area contributed by atoms with Gasteiger partial charge in [-0.1, -0.05) is 39.8 Å². The van der Waals surface area contributed by atoms with E-state index in [1.807, 2.05) is 0 Å². The first-order valence-corrected chi connectivity index (χ1v) is 5.84. The number of hydrogen-bond donors (Lipinski definition) is 0. The van der Waals surface area contributed by atoms with Gasteiger partial charge in [-0.3, -0.25) is 0 Å². The van der Waals surface area contributed by atoms with E-state index < -0.39 is 0 Å². The van der Waals surface area contributed by atoms with Crippen LogP contribution in [0.1, 0.15) is 46.0 Å². The maximum atomic E-state index is 4.20. The Morgan fingerprint density at radius 1 is 1.29 bits per heavy atom. The first-order chi connectivity index (χ1) is 6.70. The largest absolute Gasteiger partial charge is 0.349 e. The van der Waals surface area contributed by atoms with Gasteiger partial charge in [0.2, 0.25) is 0 Å². The molecule has 0 saturated carbocycles.